The Morgan fingerprint density at radius 1 is 1.50 bits per heavy atom. The van der Waals surface area contributed by atoms with Crippen LogP contribution in [0.25, 0.3) is 0 Å². The number of carbonyl (C=O) groups is 1. The summed E-state index contributed by atoms with van der Waals surface area (Å²) in [5, 5.41) is 2.46. The van der Waals surface area contributed by atoms with E-state index >= 15 is 0 Å². The van der Waals surface area contributed by atoms with Gasteiger partial charge in [0.1, 0.15) is 10.7 Å². The molecule has 0 atom stereocenters. The predicted molar refractivity (Wildman–Crippen MR) is 69.0 cm³/mol. The van der Waals surface area contributed by atoms with E-state index in [1.807, 2.05) is 0 Å². The number of carbonyl (C=O) groups excluding carboxylic acids is 1. The number of hydrogen-bond acceptors (Lipinski definition) is 3. The molecule has 2 aromatic rings. The first-order valence-electron chi connectivity index (χ1n) is 4.93. The topological polar surface area (TPSA) is 62.0 Å². The van der Waals surface area contributed by atoms with Crippen LogP contribution in [-0.2, 0) is 0 Å². The standard InChI is InChI=1S/C11H8ClFN2O2S/c1-5-9(18-11(17)14-5)10(16)15-6-2-3-8(13)7(12)4-6/h2-4H,1H3,(H,14,17)(H,15,16). The van der Waals surface area contributed by atoms with E-state index < -0.39 is 11.7 Å². The molecule has 1 aromatic heterocycles. The summed E-state index contributed by atoms with van der Waals surface area (Å²) in [5.41, 5.74) is 0.863. The quantitative estimate of drug-likeness (QED) is 0.892. The molecule has 2 rings (SSSR count). The normalized spacial score (nSPS) is 10.4. The Morgan fingerprint density at radius 3 is 2.78 bits per heavy atom. The second-order valence-corrected chi connectivity index (χ2v) is 4.94. The van der Waals surface area contributed by atoms with E-state index in [-0.39, 0.29) is 9.90 Å². The van der Waals surface area contributed by atoms with E-state index in [0.29, 0.717) is 16.3 Å². The van der Waals surface area contributed by atoms with Gasteiger partial charge >= 0.3 is 4.87 Å². The predicted octanol–water partition coefficient (Wildman–Crippen LogP) is 2.79. The van der Waals surface area contributed by atoms with E-state index in [1.165, 1.54) is 12.1 Å². The maximum atomic E-state index is 12.9. The molecule has 0 saturated heterocycles. The number of aromatic amines is 1. The van der Waals surface area contributed by atoms with Gasteiger partial charge in [0.25, 0.3) is 5.91 Å². The maximum Gasteiger partial charge on any atom is 0.305 e. The van der Waals surface area contributed by atoms with E-state index in [9.17, 15) is 14.0 Å². The highest BCUT2D eigenvalue weighted by Gasteiger charge is 2.13. The summed E-state index contributed by atoms with van der Waals surface area (Å²) >= 11 is 6.42. The van der Waals surface area contributed by atoms with Crippen LogP contribution in [0, 0.1) is 12.7 Å². The summed E-state index contributed by atoms with van der Waals surface area (Å²) in [6, 6.07) is 3.85. The van der Waals surface area contributed by atoms with Crippen LogP contribution in [0.1, 0.15) is 15.4 Å². The molecule has 0 aliphatic heterocycles. The lowest BCUT2D eigenvalue weighted by atomic mass is 10.3. The number of anilines is 1. The molecule has 0 radical (unpaired) electrons. The molecule has 0 aliphatic carbocycles. The van der Waals surface area contributed by atoms with Gasteiger partial charge in [0, 0.05) is 11.4 Å². The zero-order valence-corrected chi connectivity index (χ0v) is 10.8. The van der Waals surface area contributed by atoms with Crippen LogP contribution in [-0.4, -0.2) is 10.9 Å². The maximum absolute atomic E-state index is 12.9. The summed E-state index contributed by atoms with van der Waals surface area (Å²) in [7, 11) is 0. The van der Waals surface area contributed by atoms with Gasteiger partial charge in [-0.15, -0.1) is 0 Å². The summed E-state index contributed by atoms with van der Waals surface area (Å²) in [6.45, 7) is 1.63. The first-order chi connectivity index (χ1) is 8.47. The second kappa shape index (κ2) is 4.91. The highest BCUT2D eigenvalue weighted by Crippen LogP contribution is 2.20. The van der Waals surface area contributed by atoms with Crippen molar-refractivity contribution in [3.05, 3.63) is 49.3 Å². The molecular formula is C11H8ClFN2O2S. The number of hydrogen-bond donors (Lipinski definition) is 2. The third kappa shape index (κ3) is 2.60. The molecule has 94 valence electrons. The van der Waals surface area contributed by atoms with E-state index in [0.717, 1.165) is 17.4 Å². The lowest BCUT2D eigenvalue weighted by Gasteiger charge is -2.04. The van der Waals surface area contributed by atoms with Crippen LogP contribution < -0.4 is 10.2 Å². The van der Waals surface area contributed by atoms with Crippen LogP contribution >= 0.6 is 22.9 Å². The Bertz CT molecular complexity index is 665. The smallest absolute Gasteiger partial charge is 0.305 e. The molecule has 1 heterocycles. The zero-order chi connectivity index (χ0) is 13.3. The van der Waals surface area contributed by atoms with Crippen molar-refractivity contribution in [3.63, 3.8) is 0 Å². The van der Waals surface area contributed by atoms with E-state index in [1.54, 1.807) is 6.92 Å². The first-order valence-corrected chi connectivity index (χ1v) is 6.13. The monoisotopic (exact) mass is 286 g/mol. The van der Waals surface area contributed by atoms with Crippen LogP contribution in [0.5, 0.6) is 0 Å². The van der Waals surface area contributed by atoms with Gasteiger partial charge in [-0.3, -0.25) is 9.59 Å². The van der Waals surface area contributed by atoms with Gasteiger partial charge in [0.2, 0.25) is 0 Å². The molecule has 0 unspecified atom stereocenters. The van der Waals surface area contributed by atoms with Crippen molar-refractivity contribution in [2.45, 2.75) is 6.92 Å². The molecule has 7 heteroatoms. The third-order valence-corrected chi connectivity index (χ3v) is 3.48. The Hall–Kier alpha value is -1.66. The number of rotatable bonds is 2. The fourth-order valence-electron chi connectivity index (χ4n) is 1.38. The van der Waals surface area contributed by atoms with Crippen molar-refractivity contribution in [1.29, 1.82) is 0 Å². The number of nitrogens with one attached hydrogen (secondary N) is 2. The van der Waals surface area contributed by atoms with Gasteiger partial charge in [0.05, 0.1) is 5.02 Å². The summed E-state index contributed by atoms with van der Waals surface area (Å²) < 4.78 is 12.9. The summed E-state index contributed by atoms with van der Waals surface area (Å²) in [6.07, 6.45) is 0. The molecule has 0 bridgehead atoms. The molecule has 4 nitrogen and oxygen atoms in total. The molecule has 2 N–H and O–H groups in total. The Morgan fingerprint density at radius 2 is 2.22 bits per heavy atom. The van der Waals surface area contributed by atoms with Gasteiger partial charge in [-0.1, -0.05) is 22.9 Å². The van der Waals surface area contributed by atoms with E-state index in [2.05, 4.69) is 10.3 Å². The van der Waals surface area contributed by atoms with Crippen LogP contribution in [0.3, 0.4) is 0 Å². The highest BCUT2D eigenvalue weighted by atomic mass is 35.5. The number of halogens is 2. The van der Waals surface area contributed by atoms with Crippen molar-refractivity contribution in [2.24, 2.45) is 0 Å². The molecule has 0 aliphatic rings. The van der Waals surface area contributed by atoms with Crippen molar-refractivity contribution in [3.8, 4) is 0 Å². The number of thiazole rings is 1. The zero-order valence-electron chi connectivity index (χ0n) is 9.21. The Kier molecular flexibility index (Phi) is 3.49. The lowest BCUT2D eigenvalue weighted by molar-refractivity contribution is 0.103. The molecular weight excluding hydrogens is 279 g/mol. The molecule has 0 spiro atoms. The number of aryl methyl sites for hydroxylation is 1. The fraction of sp³-hybridized carbons (Fsp3) is 0.0909. The first kappa shape index (κ1) is 12.8. The number of amides is 1. The molecule has 1 amide bonds. The van der Waals surface area contributed by atoms with Crippen molar-refractivity contribution in [2.75, 3.05) is 5.32 Å². The molecule has 0 saturated carbocycles. The van der Waals surface area contributed by atoms with Crippen molar-refractivity contribution < 1.29 is 9.18 Å². The molecule has 1 aromatic carbocycles. The third-order valence-electron chi connectivity index (χ3n) is 2.21. The van der Waals surface area contributed by atoms with Gasteiger partial charge in [-0.05, 0) is 25.1 Å². The van der Waals surface area contributed by atoms with Crippen LogP contribution in [0.2, 0.25) is 5.02 Å². The van der Waals surface area contributed by atoms with Gasteiger partial charge in [-0.2, -0.15) is 0 Å². The number of benzene rings is 1. The minimum atomic E-state index is -0.558. The van der Waals surface area contributed by atoms with Crippen molar-refractivity contribution in [1.82, 2.24) is 4.98 Å². The van der Waals surface area contributed by atoms with E-state index in [4.69, 9.17) is 11.6 Å². The van der Waals surface area contributed by atoms with Gasteiger partial charge in [0.15, 0.2) is 0 Å². The Balaban J connectivity index is 2.24. The van der Waals surface area contributed by atoms with Crippen LogP contribution in [0.15, 0.2) is 23.0 Å². The molecule has 0 fully saturated rings. The number of H-pyrrole nitrogens is 1. The SMILES string of the molecule is Cc1[nH]c(=O)sc1C(=O)Nc1ccc(F)c(Cl)c1. The highest BCUT2D eigenvalue weighted by molar-refractivity contribution is 7.11. The average Bonchev–Trinajstić information content (AvgIpc) is 2.63. The van der Waals surface area contributed by atoms with Gasteiger partial charge < -0.3 is 10.3 Å². The minimum absolute atomic E-state index is 0.0771. The van der Waals surface area contributed by atoms with Crippen LogP contribution in [0.4, 0.5) is 10.1 Å². The van der Waals surface area contributed by atoms with Gasteiger partial charge in [-0.25, -0.2) is 4.39 Å². The second-order valence-electron chi connectivity index (χ2n) is 3.55. The largest absolute Gasteiger partial charge is 0.321 e. The molecule has 18 heavy (non-hydrogen) atoms. The summed E-state index contributed by atoms with van der Waals surface area (Å²) in [5.74, 6) is -0.990. The number of aromatic nitrogens is 1. The minimum Gasteiger partial charge on any atom is -0.321 e. The summed E-state index contributed by atoms with van der Waals surface area (Å²) in [4.78, 5) is 25.4. The average molecular weight is 287 g/mol. The Labute approximate surface area is 110 Å². The van der Waals surface area contributed by atoms with Crippen molar-refractivity contribution >= 4 is 34.5 Å². The lowest BCUT2D eigenvalue weighted by Crippen LogP contribution is -2.11. The fourth-order valence-corrected chi connectivity index (χ4v) is 2.30.